The Labute approximate surface area is 225 Å². The fourth-order valence-electron chi connectivity index (χ4n) is 5.00. The first-order chi connectivity index (χ1) is 14.7. The molecule has 1 N–H and O–H groups in total. The Morgan fingerprint density at radius 1 is 1.00 bits per heavy atom. The molecule has 2 aliphatic rings. The highest BCUT2D eigenvalue weighted by molar-refractivity contribution is 7.99. The Morgan fingerprint density at radius 2 is 1.67 bits per heavy atom. The van der Waals surface area contributed by atoms with Crippen LogP contribution in [-0.2, 0) is 6.42 Å². The van der Waals surface area contributed by atoms with Gasteiger partial charge in [-0.1, -0.05) is 25.7 Å². The SMILES string of the molecule is COc1cc2c(cc1OC)[C@@H]1C[C@H](O)[C@@H](CCCCCCCSCC[18F])CN1CC2.S.S.S. The molecule has 0 radical (unpaired) electrons. The Hall–Kier alpha value is 0.0700. The van der Waals surface area contributed by atoms with Gasteiger partial charge < -0.3 is 14.6 Å². The number of hydrogen-bond donors (Lipinski definition) is 1. The minimum atomic E-state index is -0.234. The predicted molar refractivity (Wildman–Crippen MR) is 154 cm³/mol. The lowest BCUT2D eigenvalue weighted by molar-refractivity contribution is -0.0158. The number of benzene rings is 1. The van der Waals surface area contributed by atoms with E-state index in [1.54, 1.807) is 26.0 Å². The van der Waals surface area contributed by atoms with E-state index in [2.05, 4.69) is 17.0 Å². The van der Waals surface area contributed by atoms with E-state index in [0.29, 0.717) is 11.7 Å². The first-order valence-electron chi connectivity index (χ1n) is 11.5. The average molecular weight is 541 g/mol. The van der Waals surface area contributed by atoms with Gasteiger partial charge in [0.05, 0.1) is 27.0 Å². The third-order valence-electron chi connectivity index (χ3n) is 6.68. The number of rotatable bonds is 12. The Balaban J connectivity index is 0.00000341. The van der Waals surface area contributed by atoms with Crippen molar-refractivity contribution in [1.29, 1.82) is 0 Å². The lowest BCUT2D eigenvalue weighted by atomic mass is 9.80. The minimum absolute atomic E-state index is 0. The van der Waals surface area contributed by atoms with Gasteiger partial charge in [-0.2, -0.15) is 52.2 Å². The molecule has 0 bridgehead atoms. The molecule has 194 valence electrons. The molecule has 3 atom stereocenters. The highest BCUT2D eigenvalue weighted by Gasteiger charge is 2.38. The average Bonchev–Trinajstić information content (AvgIpc) is 2.77. The second-order valence-electron chi connectivity index (χ2n) is 8.59. The molecule has 0 amide bonds. The number of halogens is 1. The highest BCUT2D eigenvalue weighted by atomic mass is 32.2. The lowest BCUT2D eigenvalue weighted by Gasteiger charge is -2.46. The van der Waals surface area contributed by atoms with Crippen molar-refractivity contribution in [3.05, 3.63) is 23.3 Å². The summed E-state index contributed by atoms with van der Waals surface area (Å²) in [5.41, 5.74) is 2.62. The van der Waals surface area contributed by atoms with Gasteiger partial charge in [-0.15, -0.1) is 0 Å². The number of ether oxygens (including phenoxy) is 2. The van der Waals surface area contributed by atoms with Crippen molar-refractivity contribution < 1.29 is 19.0 Å². The maximum atomic E-state index is 12.1. The monoisotopic (exact) mass is 540 g/mol. The topological polar surface area (TPSA) is 41.9 Å². The summed E-state index contributed by atoms with van der Waals surface area (Å²) in [6, 6.07) is 4.51. The van der Waals surface area contributed by atoms with Gasteiger partial charge >= 0.3 is 0 Å². The quantitative estimate of drug-likeness (QED) is 0.361. The summed E-state index contributed by atoms with van der Waals surface area (Å²) in [6.07, 6.45) is 8.82. The molecule has 1 aromatic rings. The van der Waals surface area contributed by atoms with Crippen molar-refractivity contribution in [2.75, 3.05) is 45.5 Å². The van der Waals surface area contributed by atoms with E-state index < -0.39 is 0 Å². The number of hydrogen-bond acceptors (Lipinski definition) is 5. The van der Waals surface area contributed by atoms with Crippen LogP contribution in [0.3, 0.4) is 0 Å². The number of methoxy groups -OCH3 is 2. The van der Waals surface area contributed by atoms with Crippen LogP contribution >= 0.6 is 52.2 Å². The van der Waals surface area contributed by atoms with Crippen LogP contribution in [0.4, 0.5) is 4.39 Å². The molecule has 2 heterocycles. The molecule has 0 saturated carbocycles. The molecule has 1 fully saturated rings. The molecule has 4 nitrogen and oxygen atoms in total. The molecular weight excluding hydrogens is 497 g/mol. The first-order valence-corrected chi connectivity index (χ1v) is 12.6. The fourth-order valence-corrected chi connectivity index (χ4v) is 5.72. The number of nitrogens with zero attached hydrogens (tertiary/aromatic N) is 1. The van der Waals surface area contributed by atoms with Crippen molar-refractivity contribution in [3.63, 3.8) is 0 Å². The van der Waals surface area contributed by atoms with Crippen molar-refractivity contribution in [2.45, 2.75) is 63.5 Å². The third-order valence-corrected chi connectivity index (χ3v) is 7.70. The Morgan fingerprint density at radius 3 is 2.36 bits per heavy atom. The molecule has 2 aliphatic heterocycles. The summed E-state index contributed by atoms with van der Waals surface area (Å²) in [5, 5.41) is 10.9. The van der Waals surface area contributed by atoms with Gasteiger partial charge in [0, 0.05) is 24.9 Å². The number of aliphatic hydroxyl groups excluding tert-OH is 1. The lowest BCUT2D eigenvalue weighted by Crippen LogP contribution is -2.48. The summed E-state index contributed by atoms with van der Waals surface area (Å²) in [5.74, 6) is 3.67. The second-order valence-corrected chi connectivity index (χ2v) is 9.81. The summed E-state index contributed by atoms with van der Waals surface area (Å²) in [7, 11) is 3.36. The molecular formula is C24H44FNO3S4. The van der Waals surface area contributed by atoms with Gasteiger partial charge in [0.2, 0.25) is 0 Å². The van der Waals surface area contributed by atoms with E-state index in [0.717, 1.165) is 49.6 Å². The summed E-state index contributed by atoms with van der Waals surface area (Å²) in [4.78, 5) is 2.56. The molecule has 3 rings (SSSR count). The van der Waals surface area contributed by atoms with Crippen molar-refractivity contribution in [2.24, 2.45) is 5.92 Å². The van der Waals surface area contributed by atoms with Gasteiger partial charge in [-0.05, 0) is 60.6 Å². The maximum absolute atomic E-state index is 12.1. The fraction of sp³-hybridized carbons (Fsp3) is 0.750. The van der Waals surface area contributed by atoms with E-state index >= 15 is 0 Å². The molecule has 1 saturated heterocycles. The number of thioether (sulfide) groups is 1. The maximum Gasteiger partial charge on any atom is 0.161 e. The summed E-state index contributed by atoms with van der Waals surface area (Å²) < 4.78 is 23.1. The summed E-state index contributed by atoms with van der Waals surface area (Å²) >= 11 is 1.72. The number of unbranched alkanes of at least 4 members (excludes halogenated alkanes) is 4. The van der Waals surface area contributed by atoms with Crippen LogP contribution in [0.2, 0.25) is 0 Å². The smallest absolute Gasteiger partial charge is 0.161 e. The summed E-state index contributed by atoms with van der Waals surface area (Å²) in [6.45, 7) is 1.83. The van der Waals surface area contributed by atoms with Crippen LogP contribution in [0.1, 0.15) is 62.1 Å². The van der Waals surface area contributed by atoms with Gasteiger partial charge in [-0.25, -0.2) is 0 Å². The Kier molecular flexibility index (Phi) is 17.5. The zero-order chi connectivity index (χ0) is 21.3. The third kappa shape index (κ3) is 9.22. The normalized spacial score (nSPS) is 21.5. The molecule has 0 aliphatic carbocycles. The minimum Gasteiger partial charge on any atom is -0.493 e. The molecule has 33 heavy (non-hydrogen) atoms. The number of alkyl halides is 1. The number of aliphatic hydroxyl groups is 1. The van der Waals surface area contributed by atoms with Gasteiger partial charge in [-0.3, -0.25) is 9.29 Å². The van der Waals surface area contributed by atoms with Crippen LogP contribution in [0.15, 0.2) is 12.1 Å². The molecule has 0 spiro atoms. The van der Waals surface area contributed by atoms with Gasteiger partial charge in [0.1, 0.15) is 0 Å². The molecule has 0 unspecified atom stereocenters. The zero-order valence-electron chi connectivity index (χ0n) is 20.1. The van der Waals surface area contributed by atoms with E-state index in [-0.39, 0.29) is 59.3 Å². The predicted octanol–water partition coefficient (Wildman–Crippen LogP) is 5.37. The van der Waals surface area contributed by atoms with Crippen molar-refractivity contribution >= 4 is 52.2 Å². The first kappa shape index (κ1) is 33.1. The van der Waals surface area contributed by atoms with Crippen LogP contribution in [0.5, 0.6) is 11.5 Å². The largest absolute Gasteiger partial charge is 0.493 e. The van der Waals surface area contributed by atoms with Crippen LogP contribution < -0.4 is 9.47 Å². The van der Waals surface area contributed by atoms with Crippen LogP contribution in [0, 0.1) is 5.92 Å². The van der Waals surface area contributed by atoms with Crippen molar-refractivity contribution in [3.8, 4) is 11.5 Å². The molecule has 1 aromatic carbocycles. The van der Waals surface area contributed by atoms with E-state index in [1.165, 1.54) is 43.2 Å². The van der Waals surface area contributed by atoms with E-state index in [4.69, 9.17) is 9.47 Å². The second kappa shape index (κ2) is 17.5. The molecule has 0 aromatic heterocycles. The highest BCUT2D eigenvalue weighted by Crippen LogP contribution is 2.43. The molecule has 9 heteroatoms. The van der Waals surface area contributed by atoms with Crippen molar-refractivity contribution in [1.82, 2.24) is 4.90 Å². The number of piperidine rings is 1. The Bertz CT molecular complexity index is 671. The van der Waals surface area contributed by atoms with E-state index in [9.17, 15) is 9.50 Å². The van der Waals surface area contributed by atoms with Crippen LogP contribution in [-0.4, -0.2) is 61.6 Å². The van der Waals surface area contributed by atoms with Crippen LogP contribution in [0.25, 0.3) is 0 Å². The zero-order valence-corrected chi connectivity index (χ0v) is 23.9. The standard InChI is InChI=1S/C24H38FNO3S.3H2S/c1-28-23-14-18-9-11-26-17-19(8-6-4-3-5-7-12-30-13-10-25)22(27)16-21(26)20(18)15-24(23)29-2;;;/h14-15,19,21-22,27H,3-13,16-17H2,1-2H3;3*1H2/t19-,21-,22-;;;/m0.../s1/i25-1;;;. The van der Waals surface area contributed by atoms with Gasteiger partial charge in [0.25, 0.3) is 0 Å². The number of fused-ring (bicyclic) bond motifs is 3. The van der Waals surface area contributed by atoms with E-state index in [1.807, 2.05) is 0 Å². The van der Waals surface area contributed by atoms with Gasteiger partial charge in [0.15, 0.2) is 11.5 Å².